The predicted octanol–water partition coefficient (Wildman–Crippen LogP) is 3.07. The van der Waals surface area contributed by atoms with Crippen LogP contribution in [0.5, 0.6) is 0 Å². The highest BCUT2D eigenvalue weighted by Crippen LogP contribution is 2.19. The fourth-order valence-electron chi connectivity index (χ4n) is 2.77. The lowest BCUT2D eigenvalue weighted by Gasteiger charge is -2.12. The summed E-state index contributed by atoms with van der Waals surface area (Å²) in [5.41, 5.74) is 2.30. The fraction of sp³-hybridized carbons (Fsp3) is 0.444. The van der Waals surface area contributed by atoms with Gasteiger partial charge in [-0.05, 0) is 44.2 Å². The van der Waals surface area contributed by atoms with E-state index in [1.165, 1.54) is 31.3 Å². The predicted molar refractivity (Wildman–Crippen MR) is 90.0 cm³/mol. The number of pyridine rings is 1. The molecule has 0 unspecified atom stereocenters. The summed E-state index contributed by atoms with van der Waals surface area (Å²) in [7, 11) is 0. The maximum absolute atomic E-state index is 11.9. The minimum absolute atomic E-state index is 0.0232. The van der Waals surface area contributed by atoms with Crippen LogP contribution in [-0.2, 0) is 11.2 Å². The van der Waals surface area contributed by atoms with Crippen LogP contribution in [0.1, 0.15) is 44.4 Å². The molecule has 0 saturated carbocycles. The van der Waals surface area contributed by atoms with Crippen molar-refractivity contribution in [3.05, 3.63) is 42.1 Å². The standard InChI is InChI=1S/C18H22N4O2/c23-16(20-13-8-14-4-2-1-3-5-14)6-7-17-21-22-18(24-17)15-9-11-19-12-10-15/h4,9-12H,1-3,5-8,13H2,(H,20,23). The lowest BCUT2D eigenvalue weighted by atomic mass is 9.97. The second-order valence-corrected chi connectivity index (χ2v) is 5.94. The highest BCUT2D eigenvalue weighted by atomic mass is 16.4. The van der Waals surface area contributed by atoms with E-state index in [9.17, 15) is 4.79 Å². The third-order valence-corrected chi connectivity index (χ3v) is 4.11. The van der Waals surface area contributed by atoms with Crippen LogP contribution >= 0.6 is 0 Å². The first-order valence-corrected chi connectivity index (χ1v) is 8.48. The number of aryl methyl sites for hydroxylation is 1. The van der Waals surface area contributed by atoms with Crippen molar-refractivity contribution in [1.29, 1.82) is 0 Å². The van der Waals surface area contributed by atoms with Gasteiger partial charge in [0.25, 0.3) is 0 Å². The van der Waals surface area contributed by atoms with E-state index in [4.69, 9.17) is 4.42 Å². The molecule has 0 saturated heterocycles. The molecule has 1 amide bonds. The first-order chi connectivity index (χ1) is 11.8. The Labute approximate surface area is 141 Å². The number of rotatable bonds is 7. The first-order valence-electron chi connectivity index (χ1n) is 8.48. The number of aromatic nitrogens is 3. The van der Waals surface area contributed by atoms with Gasteiger partial charge in [-0.15, -0.1) is 10.2 Å². The van der Waals surface area contributed by atoms with Crippen molar-refractivity contribution in [3.8, 4) is 11.5 Å². The smallest absolute Gasteiger partial charge is 0.247 e. The van der Waals surface area contributed by atoms with E-state index < -0.39 is 0 Å². The van der Waals surface area contributed by atoms with E-state index in [0.717, 1.165) is 12.0 Å². The lowest BCUT2D eigenvalue weighted by molar-refractivity contribution is -0.121. The normalized spacial score (nSPS) is 14.2. The van der Waals surface area contributed by atoms with E-state index in [2.05, 4.69) is 26.6 Å². The van der Waals surface area contributed by atoms with Gasteiger partial charge < -0.3 is 9.73 Å². The van der Waals surface area contributed by atoms with Crippen molar-refractivity contribution in [2.24, 2.45) is 0 Å². The Morgan fingerprint density at radius 3 is 2.83 bits per heavy atom. The molecule has 1 aliphatic carbocycles. The SMILES string of the molecule is O=C(CCc1nnc(-c2ccncc2)o1)NCCC1=CCCCC1. The number of amides is 1. The van der Waals surface area contributed by atoms with Gasteiger partial charge in [-0.1, -0.05) is 11.6 Å². The molecule has 0 radical (unpaired) electrons. The van der Waals surface area contributed by atoms with Crippen LogP contribution in [0.3, 0.4) is 0 Å². The largest absolute Gasteiger partial charge is 0.421 e. The molecular formula is C18H22N4O2. The van der Waals surface area contributed by atoms with Crippen molar-refractivity contribution >= 4 is 5.91 Å². The second kappa shape index (κ2) is 8.38. The first kappa shape index (κ1) is 16.4. The zero-order valence-corrected chi connectivity index (χ0v) is 13.7. The van der Waals surface area contributed by atoms with Gasteiger partial charge in [-0.25, -0.2) is 0 Å². The summed E-state index contributed by atoms with van der Waals surface area (Å²) in [6.45, 7) is 0.705. The molecule has 6 nitrogen and oxygen atoms in total. The van der Waals surface area contributed by atoms with Crippen LogP contribution in [0.4, 0.5) is 0 Å². The van der Waals surface area contributed by atoms with Crippen LogP contribution in [0.25, 0.3) is 11.5 Å². The van der Waals surface area contributed by atoms with Gasteiger partial charge in [-0.3, -0.25) is 9.78 Å². The summed E-state index contributed by atoms with van der Waals surface area (Å²) in [4.78, 5) is 15.9. The average molecular weight is 326 g/mol. The van der Waals surface area contributed by atoms with E-state index in [1.54, 1.807) is 12.4 Å². The van der Waals surface area contributed by atoms with Crippen LogP contribution < -0.4 is 5.32 Å². The minimum Gasteiger partial charge on any atom is -0.421 e. The van der Waals surface area contributed by atoms with E-state index >= 15 is 0 Å². The molecule has 0 bridgehead atoms. The molecule has 2 aromatic heterocycles. The number of hydrogen-bond acceptors (Lipinski definition) is 5. The van der Waals surface area contributed by atoms with Gasteiger partial charge in [-0.2, -0.15) is 0 Å². The highest BCUT2D eigenvalue weighted by Gasteiger charge is 2.10. The molecule has 2 aromatic rings. The zero-order chi connectivity index (χ0) is 16.6. The van der Waals surface area contributed by atoms with Gasteiger partial charge in [0.1, 0.15) is 0 Å². The van der Waals surface area contributed by atoms with Gasteiger partial charge >= 0.3 is 0 Å². The van der Waals surface area contributed by atoms with Crippen LogP contribution in [0, 0.1) is 0 Å². The molecule has 0 aliphatic heterocycles. The summed E-state index contributed by atoms with van der Waals surface area (Å²) in [5, 5.41) is 11.0. The molecule has 0 fully saturated rings. The number of carbonyl (C=O) groups excluding carboxylic acids is 1. The average Bonchev–Trinajstić information content (AvgIpc) is 3.11. The molecule has 1 aliphatic rings. The van der Waals surface area contributed by atoms with Crippen molar-refractivity contribution in [2.75, 3.05) is 6.54 Å². The number of carbonyl (C=O) groups is 1. The summed E-state index contributed by atoms with van der Waals surface area (Å²) in [5.74, 6) is 0.957. The van der Waals surface area contributed by atoms with Crippen LogP contribution in [0.2, 0.25) is 0 Å². The molecule has 24 heavy (non-hydrogen) atoms. The summed E-state index contributed by atoms with van der Waals surface area (Å²) >= 11 is 0. The number of allylic oxidation sites excluding steroid dienone is 1. The quantitative estimate of drug-likeness (QED) is 0.791. The molecule has 0 spiro atoms. The third-order valence-electron chi connectivity index (χ3n) is 4.11. The Balaban J connectivity index is 1.40. The van der Waals surface area contributed by atoms with E-state index in [1.807, 2.05) is 12.1 Å². The molecule has 1 N–H and O–H groups in total. The molecule has 3 rings (SSSR count). The van der Waals surface area contributed by atoms with Gasteiger partial charge in [0.05, 0.1) is 0 Å². The summed E-state index contributed by atoms with van der Waals surface area (Å²) in [6.07, 6.45) is 12.4. The van der Waals surface area contributed by atoms with Gasteiger partial charge in [0.2, 0.25) is 17.7 Å². The zero-order valence-electron chi connectivity index (χ0n) is 13.7. The fourth-order valence-corrected chi connectivity index (χ4v) is 2.77. The van der Waals surface area contributed by atoms with Crippen LogP contribution in [0.15, 0.2) is 40.6 Å². The Bertz CT molecular complexity index is 694. The molecule has 6 heteroatoms. The third kappa shape index (κ3) is 4.75. The summed E-state index contributed by atoms with van der Waals surface area (Å²) in [6, 6.07) is 3.62. The van der Waals surface area contributed by atoms with Crippen molar-refractivity contribution < 1.29 is 9.21 Å². The van der Waals surface area contributed by atoms with Crippen molar-refractivity contribution in [2.45, 2.75) is 44.9 Å². The minimum atomic E-state index is 0.0232. The topological polar surface area (TPSA) is 80.9 Å². The van der Waals surface area contributed by atoms with Crippen molar-refractivity contribution in [1.82, 2.24) is 20.5 Å². The molecule has 2 heterocycles. The monoisotopic (exact) mass is 326 g/mol. The lowest BCUT2D eigenvalue weighted by Crippen LogP contribution is -2.25. The van der Waals surface area contributed by atoms with Gasteiger partial charge in [0, 0.05) is 37.3 Å². The van der Waals surface area contributed by atoms with Crippen molar-refractivity contribution in [3.63, 3.8) is 0 Å². The van der Waals surface area contributed by atoms with Crippen LogP contribution in [-0.4, -0.2) is 27.6 Å². The van der Waals surface area contributed by atoms with E-state index in [-0.39, 0.29) is 5.91 Å². The number of nitrogens with zero attached hydrogens (tertiary/aromatic N) is 3. The molecule has 0 atom stereocenters. The maximum atomic E-state index is 11.9. The Kier molecular flexibility index (Phi) is 5.71. The Morgan fingerprint density at radius 1 is 1.17 bits per heavy atom. The molecular weight excluding hydrogens is 304 g/mol. The highest BCUT2D eigenvalue weighted by molar-refractivity contribution is 5.76. The molecule has 126 valence electrons. The summed E-state index contributed by atoms with van der Waals surface area (Å²) < 4.78 is 5.58. The number of hydrogen-bond donors (Lipinski definition) is 1. The van der Waals surface area contributed by atoms with Gasteiger partial charge in [0.15, 0.2) is 0 Å². The maximum Gasteiger partial charge on any atom is 0.247 e. The Morgan fingerprint density at radius 2 is 2.04 bits per heavy atom. The van der Waals surface area contributed by atoms with E-state index in [0.29, 0.717) is 31.2 Å². The second-order valence-electron chi connectivity index (χ2n) is 5.94. The number of nitrogens with one attached hydrogen (secondary N) is 1. The molecule has 0 aromatic carbocycles. The Hall–Kier alpha value is -2.50.